The summed E-state index contributed by atoms with van der Waals surface area (Å²) >= 11 is 0. The van der Waals surface area contributed by atoms with E-state index in [1.807, 2.05) is 0 Å². The third kappa shape index (κ3) is 4.85. The van der Waals surface area contributed by atoms with Gasteiger partial charge in [0.2, 0.25) is 5.78 Å². The SMILES string of the molecule is CC1CCC2(OC1)OC1CC3C4CCC5CC(O)CCC5(C)C4=CCC3(C)C1C2C.Cc1cc(O)c2c(c1)C(=O)c1cccc(O)c1C2=O. The molecule has 7 nitrogen and oxygen atoms in total. The number of ketones is 2. The van der Waals surface area contributed by atoms with Crippen LogP contribution in [0.15, 0.2) is 42.0 Å². The Morgan fingerprint density at radius 3 is 2.41 bits per heavy atom. The fourth-order valence-corrected chi connectivity index (χ4v) is 11.9. The number of rotatable bonds is 0. The highest BCUT2D eigenvalue weighted by molar-refractivity contribution is 6.30. The van der Waals surface area contributed by atoms with Crippen LogP contribution >= 0.6 is 0 Å². The Morgan fingerprint density at radius 2 is 1.65 bits per heavy atom. The van der Waals surface area contributed by atoms with Crippen molar-refractivity contribution < 1.29 is 34.4 Å². The number of phenols is 2. The van der Waals surface area contributed by atoms with Gasteiger partial charge in [-0.15, -0.1) is 0 Å². The van der Waals surface area contributed by atoms with Gasteiger partial charge in [-0.3, -0.25) is 9.59 Å². The zero-order chi connectivity index (χ0) is 34.6. The van der Waals surface area contributed by atoms with E-state index in [-0.39, 0.29) is 51.4 Å². The maximum absolute atomic E-state index is 12.3. The first-order valence-corrected chi connectivity index (χ1v) is 18.7. The number of aryl methyl sites for hydroxylation is 1. The molecule has 9 rings (SSSR count). The number of hydrogen-bond acceptors (Lipinski definition) is 7. The molecule has 0 radical (unpaired) electrons. The Bertz CT molecular complexity index is 1730. The smallest absolute Gasteiger partial charge is 0.201 e. The number of allylic oxidation sites excluding steroid dienone is 2. The number of fused-ring (bicyclic) bond motifs is 9. The Morgan fingerprint density at radius 1 is 0.878 bits per heavy atom. The molecule has 2 saturated heterocycles. The van der Waals surface area contributed by atoms with Gasteiger partial charge < -0.3 is 24.8 Å². The molecule has 7 heteroatoms. The number of carbonyl (C=O) groups excluding carboxylic acids is 2. The molecule has 5 fully saturated rings. The highest BCUT2D eigenvalue weighted by Gasteiger charge is 2.67. The molecular weight excluding hydrogens is 616 g/mol. The summed E-state index contributed by atoms with van der Waals surface area (Å²) in [5.41, 5.74) is 3.43. The maximum Gasteiger partial charge on any atom is 0.201 e. The maximum atomic E-state index is 12.3. The number of aliphatic hydroxyl groups excluding tert-OH is 1. The van der Waals surface area contributed by atoms with Crippen molar-refractivity contribution >= 4 is 11.6 Å². The second-order valence-corrected chi connectivity index (χ2v) is 17.2. The summed E-state index contributed by atoms with van der Waals surface area (Å²) in [4.78, 5) is 24.7. The lowest BCUT2D eigenvalue weighted by Gasteiger charge is -2.57. The summed E-state index contributed by atoms with van der Waals surface area (Å²) in [5, 5.41) is 29.9. The van der Waals surface area contributed by atoms with Crippen molar-refractivity contribution in [2.24, 2.45) is 46.3 Å². The number of phenolic OH excluding ortho intramolecular Hbond substituents is 2. The number of hydrogen-bond donors (Lipinski definition) is 3. The molecule has 1 spiro atoms. The minimum Gasteiger partial charge on any atom is -0.507 e. The predicted molar refractivity (Wildman–Crippen MR) is 186 cm³/mol. The van der Waals surface area contributed by atoms with Crippen molar-refractivity contribution in [2.45, 2.75) is 110 Å². The van der Waals surface area contributed by atoms with E-state index in [2.05, 4.69) is 33.8 Å². The van der Waals surface area contributed by atoms with E-state index in [0.29, 0.717) is 46.2 Å². The van der Waals surface area contributed by atoms with Crippen LogP contribution < -0.4 is 0 Å². The third-order valence-corrected chi connectivity index (χ3v) is 14.5. The second-order valence-electron chi connectivity index (χ2n) is 17.2. The van der Waals surface area contributed by atoms with Gasteiger partial charge >= 0.3 is 0 Å². The van der Waals surface area contributed by atoms with E-state index in [0.717, 1.165) is 37.7 Å². The summed E-state index contributed by atoms with van der Waals surface area (Å²) in [5.74, 6) is 2.31. The van der Waals surface area contributed by atoms with Gasteiger partial charge in [-0.2, -0.15) is 0 Å². The minimum absolute atomic E-state index is 0.0374. The van der Waals surface area contributed by atoms with Crippen LogP contribution in [0, 0.1) is 53.3 Å². The summed E-state index contributed by atoms with van der Waals surface area (Å²) in [6.07, 6.45) is 13.6. The van der Waals surface area contributed by atoms with Crippen molar-refractivity contribution in [1.29, 1.82) is 0 Å². The van der Waals surface area contributed by atoms with Crippen LogP contribution in [-0.4, -0.2) is 51.5 Å². The molecule has 49 heavy (non-hydrogen) atoms. The fourth-order valence-electron chi connectivity index (χ4n) is 11.9. The van der Waals surface area contributed by atoms with E-state index >= 15 is 0 Å². The predicted octanol–water partition coefficient (Wildman–Crippen LogP) is 7.90. The molecule has 11 unspecified atom stereocenters. The number of ether oxygens (including phenoxy) is 2. The average molecular weight is 669 g/mol. The molecule has 0 amide bonds. The standard InChI is InChI=1S/C27H42O3.C15H10O4/c1-16-7-12-27(29-15-16)17(2)24-23(30-27)14-22-20-6-5-18-13-19(28)8-10-25(18,3)21(20)9-11-26(22,24)4;1-7-5-9-13(11(17)6-7)15(19)12-8(14(9)18)3-2-4-10(12)16/h9,16-20,22-24,28H,5-8,10-15H2,1-4H3;2-6,16-17H,1H3. The van der Waals surface area contributed by atoms with Gasteiger partial charge in [0.25, 0.3) is 0 Å². The first-order chi connectivity index (χ1) is 23.3. The lowest BCUT2D eigenvalue weighted by atomic mass is 9.48. The molecule has 2 aliphatic heterocycles. The summed E-state index contributed by atoms with van der Waals surface area (Å²) in [6.45, 7) is 12.5. The Hall–Kier alpha value is -3.00. The highest BCUT2D eigenvalue weighted by Crippen LogP contribution is 2.69. The fraction of sp³-hybridized carbons (Fsp3) is 0.619. The van der Waals surface area contributed by atoms with Gasteiger partial charge in [0.15, 0.2) is 11.6 Å². The quantitative estimate of drug-likeness (QED) is 0.209. The molecule has 2 aromatic carbocycles. The zero-order valence-electron chi connectivity index (χ0n) is 29.6. The number of benzene rings is 2. The summed E-state index contributed by atoms with van der Waals surface area (Å²) in [7, 11) is 0. The number of aromatic hydroxyl groups is 2. The normalized spacial score (nSPS) is 41.7. The van der Waals surface area contributed by atoms with Crippen LogP contribution in [0.25, 0.3) is 0 Å². The Kier molecular flexibility index (Phi) is 7.79. The van der Waals surface area contributed by atoms with Crippen LogP contribution in [0.5, 0.6) is 11.5 Å². The summed E-state index contributed by atoms with van der Waals surface area (Å²) in [6, 6.07) is 7.36. The van der Waals surface area contributed by atoms with Crippen molar-refractivity contribution in [2.75, 3.05) is 6.61 Å². The van der Waals surface area contributed by atoms with Crippen LogP contribution in [0.3, 0.4) is 0 Å². The number of aliphatic hydroxyl groups is 1. The van der Waals surface area contributed by atoms with Crippen molar-refractivity contribution in [3.05, 3.63) is 69.8 Å². The van der Waals surface area contributed by atoms with Gasteiger partial charge in [-0.05, 0) is 122 Å². The molecule has 5 aliphatic carbocycles. The molecule has 262 valence electrons. The third-order valence-electron chi connectivity index (χ3n) is 14.5. The second kappa shape index (κ2) is 11.5. The lowest BCUT2D eigenvalue weighted by molar-refractivity contribution is -0.272. The van der Waals surface area contributed by atoms with Gasteiger partial charge in [0, 0.05) is 23.5 Å². The van der Waals surface area contributed by atoms with Gasteiger partial charge in [-0.25, -0.2) is 0 Å². The molecule has 3 N–H and O–H groups in total. The topological polar surface area (TPSA) is 113 Å². The molecule has 3 saturated carbocycles. The van der Waals surface area contributed by atoms with Crippen LogP contribution in [0.2, 0.25) is 0 Å². The van der Waals surface area contributed by atoms with Crippen LogP contribution in [-0.2, 0) is 9.47 Å². The van der Waals surface area contributed by atoms with E-state index in [9.17, 15) is 24.9 Å². The molecule has 0 bridgehead atoms. The number of carbonyl (C=O) groups is 2. The molecular formula is C42H52O7. The Balaban J connectivity index is 0.000000158. The highest BCUT2D eigenvalue weighted by atomic mass is 16.7. The molecule has 2 heterocycles. The van der Waals surface area contributed by atoms with Gasteiger partial charge in [-0.1, -0.05) is 51.5 Å². The molecule has 11 atom stereocenters. The first kappa shape index (κ1) is 33.2. The molecule has 2 aromatic rings. The molecule has 7 aliphatic rings. The monoisotopic (exact) mass is 668 g/mol. The average Bonchev–Trinajstić information content (AvgIpc) is 3.51. The summed E-state index contributed by atoms with van der Waals surface area (Å²) < 4.78 is 13.3. The minimum atomic E-state index is -0.528. The van der Waals surface area contributed by atoms with E-state index < -0.39 is 5.78 Å². The lowest BCUT2D eigenvalue weighted by Crippen LogP contribution is -2.50. The largest absolute Gasteiger partial charge is 0.507 e. The zero-order valence-corrected chi connectivity index (χ0v) is 29.6. The van der Waals surface area contributed by atoms with E-state index in [4.69, 9.17) is 9.47 Å². The van der Waals surface area contributed by atoms with Crippen LogP contribution in [0.4, 0.5) is 0 Å². The van der Waals surface area contributed by atoms with Crippen molar-refractivity contribution in [3.63, 3.8) is 0 Å². The van der Waals surface area contributed by atoms with Crippen LogP contribution in [0.1, 0.15) is 123 Å². The molecule has 0 aromatic heterocycles. The van der Waals surface area contributed by atoms with Gasteiger partial charge in [0.05, 0.1) is 29.9 Å². The van der Waals surface area contributed by atoms with E-state index in [1.165, 1.54) is 62.8 Å². The van der Waals surface area contributed by atoms with Crippen molar-refractivity contribution in [1.82, 2.24) is 0 Å². The van der Waals surface area contributed by atoms with Gasteiger partial charge in [0.1, 0.15) is 11.5 Å². The Labute approximate surface area is 290 Å². The van der Waals surface area contributed by atoms with E-state index in [1.54, 1.807) is 18.6 Å². The first-order valence-electron chi connectivity index (χ1n) is 18.7. The van der Waals surface area contributed by atoms with Crippen molar-refractivity contribution in [3.8, 4) is 11.5 Å².